The predicted molar refractivity (Wildman–Crippen MR) is 55.5 cm³/mol. The van der Waals surface area contributed by atoms with Gasteiger partial charge in [0.2, 0.25) is 0 Å². The molecule has 0 radical (unpaired) electrons. The summed E-state index contributed by atoms with van der Waals surface area (Å²) in [5.41, 5.74) is 6.82. The van der Waals surface area contributed by atoms with Crippen molar-refractivity contribution < 1.29 is 4.63 Å². The molecule has 12 heavy (non-hydrogen) atoms. The maximum Gasteiger partial charge on any atom is 0.129 e. The van der Waals surface area contributed by atoms with Crippen LogP contribution in [0, 0.1) is 6.92 Å². The predicted octanol–water partition coefficient (Wildman–Crippen LogP) is 0.873. The largest absolute Gasteiger partial charge is 0.388 e. The van der Waals surface area contributed by atoms with Gasteiger partial charge in [0, 0.05) is 0 Å². The first-order chi connectivity index (χ1) is 5.20. The summed E-state index contributed by atoms with van der Waals surface area (Å²) in [7, 11) is 0. The van der Waals surface area contributed by atoms with Gasteiger partial charge in [-0.25, -0.2) is 4.63 Å². The van der Waals surface area contributed by atoms with Crippen LogP contribution in [-0.4, -0.2) is 16.1 Å². The Morgan fingerprint density at radius 1 is 1.58 bits per heavy atom. The molecule has 0 saturated carbocycles. The van der Waals surface area contributed by atoms with E-state index in [9.17, 15) is 0 Å². The van der Waals surface area contributed by atoms with Crippen LogP contribution in [0.25, 0.3) is 0 Å². The number of nitrogens with zero attached hydrogens (tertiary/aromatic N) is 3. The Morgan fingerprint density at radius 2 is 2.25 bits per heavy atom. The van der Waals surface area contributed by atoms with Crippen LogP contribution in [0.5, 0.6) is 0 Å². The lowest BCUT2D eigenvalue weighted by Crippen LogP contribution is -2.05. The Morgan fingerprint density at radius 3 is 2.67 bits per heavy atom. The first-order valence-electron chi connectivity index (χ1n) is 3.24. The minimum absolute atomic E-state index is 0. The number of hydrogen-bond donors (Lipinski definition) is 1. The topological polar surface area (TPSA) is 77.3 Å². The summed E-state index contributed by atoms with van der Waals surface area (Å²) in [4.78, 5) is 3.96. The van der Waals surface area contributed by atoms with Gasteiger partial charge in [-0.1, -0.05) is 10.3 Å². The minimum Gasteiger partial charge on any atom is -0.388 e. The third-order valence-electron chi connectivity index (χ3n) is 1.22. The van der Waals surface area contributed by atoms with Crippen molar-refractivity contribution in [1.29, 1.82) is 0 Å². The van der Waals surface area contributed by atoms with Gasteiger partial charge in [0.1, 0.15) is 11.4 Å². The summed E-state index contributed by atoms with van der Waals surface area (Å²) >= 11 is 0. The van der Waals surface area contributed by atoms with Crippen LogP contribution in [0.3, 0.4) is 0 Å². The first-order valence-corrected chi connectivity index (χ1v) is 3.24. The number of nitrogens with two attached hydrogens (primary N) is 1. The lowest BCUT2D eigenvalue weighted by molar-refractivity contribution is 0.301. The van der Waals surface area contributed by atoms with E-state index >= 15 is 0 Å². The van der Waals surface area contributed by atoms with Crippen LogP contribution in [0.1, 0.15) is 18.3 Å². The van der Waals surface area contributed by atoms with Crippen LogP contribution in [-0.2, 0) is 6.54 Å². The number of aryl methyl sites for hydroxylation is 1. The van der Waals surface area contributed by atoms with E-state index < -0.39 is 0 Å². The van der Waals surface area contributed by atoms with E-state index in [1.54, 1.807) is 6.92 Å². The molecule has 0 unspecified atom stereocenters. The average Bonchev–Trinajstić information content (AvgIpc) is 2.31. The molecule has 0 bridgehead atoms. The van der Waals surface area contributed by atoms with E-state index in [1.165, 1.54) is 0 Å². The molecule has 1 heterocycles. The number of rotatable bonds is 2. The molecule has 5 nitrogen and oxygen atoms in total. The molecule has 0 saturated heterocycles. The van der Waals surface area contributed by atoms with E-state index in [1.807, 2.05) is 6.92 Å². The number of amidine groups is 1. The highest BCUT2D eigenvalue weighted by Crippen LogP contribution is 2.01. The fourth-order valence-electron chi connectivity index (χ4n) is 0.593. The lowest BCUT2D eigenvalue weighted by atomic mass is 10.3. The fraction of sp³-hybridized carbons (Fsp3) is 0.500. The number of hydrogen-bond acceptors (Lipinski definition) is 4. The summed E-state index contributed by atoms with van der Waals surface area (Å²) in [6.07, 6.45) is 0. The van der Waals surface area contributed by atoms with Crippen molar-refractivity contribution in [2.45, 2.75) is 20.4 Å². The monoisotopic (exact) mass is 282 g/mol. The number of aromatic nitrogens is 2. The summed E-state index contributed by atoms with van der Waals surface area (Å²) in [5.74, 6) is 0.535. The summed E-state index contributed by atoms with van der Waals surface area (Å²) in [6.45, 7) is 3.98. The Balaban J connectivity index is 0.00000121. The van der Waals surface area contributed by atoms with Crippen LogP contribution >= 0.6 is 24.0 Å². The molecule has 2 N–H and O–H groups in total. The normalized spacial score (nSPS) is 11.0. The zero-order chi connectivity index (χ0) is 8.27. The molecule has 1 rings (SSSR count). The molecule has 0 amide bonds. The standard InChI is InChI=1S/C6H10N4O.HI/c1-4-6(10-11-9-4)3-8-5(2)7;/h3H2,1-2H3,(H2,7,8);1H. The molecule has 0 fully saturated rings. The Kier molecular flexibility index (Phi) is 4.79. The second-order valence-corrected chi connectivity index (χ2v) is 2.25. The van der Waals surface area contributed by atoms with Gasteiger partial charge in [-0.3, -0.25) is 4.99 Å². The zero-order valence-corrected chi connectivity index (χ0v) is 9.27. The first kappa shape index (κ1) is 11.3. The van der Waals surface area contributed by atoms with E-state index in [4.69, 9.17) is 5.73 Å². The van der Waals surface area contributed by atoms with E-state index in [0.29, 0.717) is 12.4 Å². The molecular weight excluding hydrogens is 271 g/mol. The summed E-state index contributed by atoms with van der Waals surface area (Å²) < 4.78 is 4.47. The van der Waals surface area contributed by atoms with Gasteiger partial charge < -0.3 is 5.73 Å². The molecular formula is C6H11IN4O. The van der Waals surface area contributed by atoms with Crippen LogP contribution in [0.2, 0.25) is 0 Å². The highest BCUT2D eigenvalue weighted by Gasteiger charge is 2.02. The fourth-order valence-corrected chi connectivity index (χ4v) is 0.593. The zero-order valence-electron chi connectivity index (χ0n) is 6.94. The Bertz CT molecular complexity index is 266. The Hall–Kier alpha value is -0.660. The van der Waals surface area contributed by atoms with Crippen molar-refractivity contribution in [2.24, 2.45) is 10.7 Å². The van der Waals surface area contributed by atoms with Gasteiger partial charge in [0.05, 0.1) is 12.4 Å². The highest BCUT2D eigenvalue weighted by atomic mass is 127. The third-order valence-corrected chi connectivity index (χ3v) is 1.22. The average molecular weight is 282 g/mol. The molecule has 1 aromatic rings. The third kappa shape index (κ3) is 3.16. The van der Waals surface area contributed by atoms with Crippen molar-refractivity contribution in [2.75, 3.05) is 0 Å². The molecule has 6 heteroatoms. The molecule has 0 aliphatic rings. The van der Waals surface area contributed by atoms with Crippen LogP contribution < -0.4 is 5.73 Å². The van der Waals surface area contributed by atoms with Gasteiger partial charge in [0.15, 0.2) is 0 Å². The van der Waals surface area contributed by atoms with Gasteiger partial charge in [-0.15, -0.1) is 24.0 Å². The molecule has 0 aliphatic heterocycles. The van der Waals surface area contributed by atoms with E-state index in [2.05, 4.69) is 19.9 Å². The van der Waals surface area contributed by atoms with Gasteiger partial charge >= 0.3 is 0 Å². The molecule has 0 spiro atoms. The van der Waals surface area contributed by atoms with Crippen molar-refractivity contribution in [3.63, 3.8) is 0 Å². The molecule has 0 atom stereocenters. The smallest absolute Gasteiger partial charge is 0.129 e. The quantitative estimate of drug-likeness (QED) is 0.496. The van der Waals surface area contributed by atoms with Crippen molar-refractivity contribution >= 4 is 29.8 Å². The minimum atomic E-state index is 0. The highest BCUT2D eigenvalue weighted by molar-refractivity contribution is 14.0. The maximum atomic E-state index is 5.33. The summed E-state index contributed by atoms with van der Waals surface area (Å²) in [5, 5.41) is 7.24. The SMILES string of the molecule is CC(N)=NCc1nonc1C.I. The molecule has 1 aromatic heterocycles. The van der Waals surface area contributed by atoms with Gasteiger partial charge in [0.25, 0.3) is 0 Å². The van der Waals surface area contributed by atoms with Gasteiger partial charge in [-0.05, 0) is 13.8 Å². The number of aliphatic imine (C=N–C) groups is 1. The molecule has 0 aliphatic carbocycles. The van der Waals surface area contributed by atoms with Crippen molar-refractivity contribution in [3.05, 3.63) is 11.4 Å². The maximum absolute atomic E-state index is 5.33. The molecule has 0 aromatic carbocycles. The van der Waals surface area contributed by atoms with Crippen LogP contribution in [0.15, 0.2) is 9.62 Å². The summed E-state index contributed by atoms with van der Waals surface area (Å²) in [6, 6.07) is 0. The van der Waals surface area contributed by atoms with E-state index in [0.717, 1.165) is 11.4 Å². The van der Waals surface area contributed by atoms with Crippen molar-refractivity contribution in [3.8, 4) is 0 Å². The second-order valence-electron chi connectivity index (χ2n) is 2.25. The molecule has 68 valence electrons. The second kappa shape index (κ2) is 5.07. The van der Waals surface area contributed by atoms with E-state index in [-0.39, 0.29) is 24.0 Å². The van der Waals surface area contributed by atoms with Gasteiger partial charge in [-0.2, -0.15) is 0 Å². The number of halogens is 1. The van der Waals surface area contributed by atoms with Crippen molar-refractivity contribution in [1.82, 2.24) is 10.3 Å². The van der Waals surface area contributed by atoms with Crippen LogP contribution in [0.4, 0.5) is 0 Å². The lowest BCUT2D eigenvalue weighted by Gasteiger charge is -1.89. The Labute approximate surface area is 87.4 Å².